The third kappa shape index (κ3) is 106. The van der Waals surface area contributed by atoms with E-state index >= 15 is 0 Å². The molecule has 9 atom stereocenters. The van der Waals surface area contributed by atoms with E-state index in [1.165, 1.54) is 4.90 Å². The molecule has 13 N–H and O–H groups in total. The minimum absolute atomic E-state index is 0. The van der Waals surface area contributed by atoms with Crippen LogP contribution in [0.25, 0.3) is 0 Å². The molecule has 0 aliphatic rings. The SMILES string of the molecule is CCC(COCC(O)CN(C)C)(COCC(O)CN(CC(=O)O)CC(=O)O)COCC(O)CN(CC(=O)O)CC(=O)O.CCN(CC)CC(O)COCC(CC)(COCC(O)CN(CC)CC)COCC(O)CN(CC)CC.O=C=O.O=C=O.O=C=O.O=C=O.[CH2-]N([CH2-])CC(O)COCC(CC)(COCC(O)CN(CC(=O)[O-])CC(=O)[O-])COCC(O)CN(CC(=O)[O-])CC(=O)[O-].[Na+].[Na+].[Na+].[Na+].[Na+].[Na+]. The molecular weight excluding hydrogens is 1910 g/mol. The van der Waals surface area contributed by atoms with Crippen LogP contribution in [0.2, 0.25) is 0 Å². The van der Waals surface area contributed by atoms with Crippen molar-refractivity contribution in [1.29, 1.82) is 0 Å². The van der Waals surface area contributed by atoms with Gasteiger partial charge < -0.3 is 187 Å². The summed E-state index contributed by atoms with van der Waals surface area (Å²) in [7, 11) is 10.7. The van der Waals surface area contributed by atoms with E-state index in [0.717, 1.165) is 65.3 Å². The van der Waals surface area contributed by atoms with Gasteiger partial charge in [-0.2, -0.15) is 38.4 Å². The molecule has 0 aliphatic heterocycles. The molecule has 0 saturated carbocycles. The summed E-state index contributed by atoms with van der Waals surface area (Å²) in [6.45, 7) is 19.4. The van der Waals surface area contributed by atoms with Gasteiger partial charge in [0.1, 0.15) is 0 Å². The Morgan fingerprint density at radius 3 is 0.507 bits per heavy atom. The van der Waals surface area contributed by atoms with Crippen LogP contribution in [-0.2, 0) is 119 Å². The summed E-state index contributed by atoms with van der Waals surface area (Å²) in [6.07, 6.45) is -5.83. The van der Waals surface area contributed by atoms with Crippen LogP contribution < -0.4 is 198 Å². The number of hydrogen-bond donors (Lipinski definition) is 13. The summed E-state index contributed by atoms with van der Waals surface area (Å²) in [5, 5.41) is 172. The molecule has 0 amide bonds. The minimum Gasteiger partial charge on any atom is -0.608 e. The van der Waals surface area contributed by atoms with E-state index in [1.54, 1.807) is 25.9 Å². The second-order valence-corrected chi connectivity index (χ2v) is 30.7. The van der Waals surface area contributed by atoms with Gasteiger partial charge in [-0.3, -0.25) is 38.8 Å². The Labute approximate surface area is 940 Å². The minimum atomic E-state index is -1.55. The molecule has 0 bridgehead atoms. The molecule has 0 spiro atoms. The Bertz CT molecular complexity index is 2700. The van der Waals surface area contributed by atoms with Crippen molar-refractivity contribution >= 4 is 72.4 Å². The average molecular weight is 2060 g/mol. The number of hydrogen-bond acceptors (Lipinski definition) is 47. The van der Waals surface area contributed by atoms with Crippen LogP contribution >= 0.6 is 0 Å². The molecule has 9 unspecified atom stereocenters. The van der Waals surface area contributed by atoms with Gasteiger partial charge in [0.25, 0.3) is 0 Å². The second-order valence-electron chi connectivity index (χ2n) is 30.7. The first-order valence-corrected chi connectivity index (χ1v) is 42.1. The first kappa shape index (κ1) is 164. The molecule has 0 aromatic carbocycles. The predicted octanol–water partition coefficient (Wildman–Crippen LogP) is -29.7. The van der Waals surface area contributed by atoms with Crippen molar-refractivity contribution in [2.75, 3.05) is 284 Å². The van der Waals surface area contributed by atoms with Gasteiger partial charge in [0, 0.05) is 94.8 Å². The van der Waals surface area contributed by atoms with Crippen molar-refractivity contribution in [2.24, 2.45) is 16.2 Å². The molecule has 0 heterocycles. The molecule has 0 aromatic heterocycles. The number of aliphatic carboxylic acids is 8. The van der Waals surface area contributed by atoms with E-state index in [4.69, 9.17) is 101 Å². The third-order valence-corrected chi connectivity index (χ3v) is 18.6. The molecular formula is C81H147N9Na6O42. The number of carboxylic acids is 8. The molecule has 51 nitrogen and oxygen atoms in total. The van der Waals surface area contributed by atoms with Gasteiger partial charge >= 0.3 is 226 Å². The average Bonchev–Trinajstić information content (AvgIpc) is 0.875. The third-order valence-electron chi connectivity index (χ3n) is 18.6. The van der Waals surface area contributed by atoms with E-state index in [1.807, 2.05) is 6.92 Å². The zero-order valence-corrected chi connectivity index (χ0v) is 95.9. The molecule has 57 heteroatoms. The van der Waals surface area contributed by atoms with E-state index in [2.05, 4.69) is 77.3 Å². The van der Waals surface area contributed by atoms with Crippen LogP contribution in [0.5, 0.6) is 0 Å². The van der Waals surface area contributed by atoms with Gasteiger partial charge in [0.2, 0.25) is 0 Å². The largest absolute Gasteiger partial charge is 1.00 e. The number of aliphatic hydroxyl groups excluding tert-OH is 9. The fraction of sp³-hybridized carbons (Fsp3) is 0.827. The Morgan fingerprint density at radius 1 is 0.261 bits per heavy atom. The maximum atomic E-state index is 11.0. The number of carbonyl (C=O) groups excluding carboxylic acids is 12. The molecule has 774 valence electrons. The summed E-state index contributed by atoms with van der Waals surface area (Å²) in [5.74, 6) is -11.2. The van der Waals surface area contributed by atoms with Crippen LogP contribution in [0, 0.1) is 30.3 Å². The molecule has 0 rings (SSSR count). The van der Waals surface area contributed by atoms with Crippen molar-refractivity contribution in [3.05, 3.63) is 14.1 Å². The van der Waals surface area contributed by atoms with Crippen molar-refractivity contribution in [1.82, 2.24) is 44.1 Å². The first-order chi connectivity index (χ1) is 62.0. The van der Waals surface area contributed by atoms with Gasteiger partial charge in [-0.25, -0.2) is 0 Å². The standard InChI is InChI=1S/C27H59N3O6.C25H47N3O14.C25H45N3O14.4CO2.6Na/c1-8-27(21-34-18-24(31)15-28(9-2)10-3,22-35-19-25(32)16-29(11-4)12-5)23-36-20-26(33)17-30(13-6)14-7;2*1-4-25(15-40-12-18(29)5-26(2)3,16-41-13-19(30)6-27(8-21(32)33)9-22(34)35)17-42-14-20(31)7-28(10-23(36)37)11-24(38)39;4*2-1-3;;;;;;/h24-26,31-33H,8-23H2,1-7H3;18-20,29-31H,4-17H2,1-3H3,(H,32,33)(H,34,35)(H,36,37)(H,38,39);18-20,29-31H,2-17H2,1H3,(H,32,33)(H,34,35)(H,36,37)(H,38,39);;;;;;;;;;/q;;-2;;;;;6*+1/p-4. The normalized spacial score (nSPS) is 14.0. The molecule has 0 fully saturated rings. The van der Waals surface area contributed by atoms with Crippen molar-refractivity contribution in [3.8, 4) is 0 Å². The van der Waals surface area contributed by atoms with Crippen molar-refractivity contribution in [3.63, 3.8) is 0 Å². The molecule has 138 heavy (non-hydrogen) atoms. The van der Waals surface area contributed by atoms with Crippen LogP contribution in [-0.4, -0.2) is 521 Å². The summed E-state index contributed by atoms with van der Waals surface area (Å²) < 4.78 is 51.9. The van der Waals surface area contributed by atoms with Gasteiger partial charge in [0.05, 0.1) is 224 Å². The number of likely N-dealkylation sites (N-methyl/N-ethyl adjacent to an activating group) is 4. The van der Waals surface area contributed by atoms with E-state index in [9.17, 15) is 105 Å². The Morgan fingerprint density at radius 2 is 0.391 bits per heavy atom. The number of ether oxygens (including phenoxy) is 9. The van der Waals surface area contributed by atoms with Gasteiger partial charge in [-0.1, -0.05) is 62.3 Å². The number of carbonyl (C=O) groups is 8. The van der Waals surface area contributed by atoms with E-state index in [0.29, 0.717) is 58.8 Å². The van der Waals surface area contributed by atoms with Crippen LogP contribution in [0.1, 0.15) is 81.6 Å². The second kappa shape index (κ2) is 107. The smallest absolute Gasteiger partial charge is 0.608 e. The number of aliphatic hydroxyl groups is 9. The predicted molar refractivity (Wildman–Crippen MR) is 445 cm³/mol. The molecule has 0 aliphatic carbocycles. The maximum absolute atomic E-state index is 11.0. The zero-order valence-electron chi connectivity index (χ0n) is 83.9. The number of carboxylic acid groups (broad SMARTS) is 8. The maximum Gasteiger partial charge on any atom is 1.00 e. The quantitative estimate of drug-likeness (QED) is 0.0199. The van der Waals surface area contributed by atoms with Gasteiger partial charge in [0.15, 0.2) is 0 Å². The summed E-state index contributed by atoms with van der Waals surface area (Å²) >= 11 is 0. The fourth-order valence-electron chi connectivity index (χ4n) is 12.0. The van der Waals surface area contributed by atoms with Crippen LogP contribution in [0.4, 0.5) is 0 Å². The summed E-state index contributed by atoms with van der Waals surface area (Å²) in [4.78, 5) is 166. The van der Waals surface area contributed by atoms with Crippen LogP contribution in [0.15, 0.2) is 0 Å². The number of nitrogens with zero attached hydrogens (tertiary/aromatic N) is 9. The fourth-order valence-corrected chi connectivity index (χ4v) is 12.0. The monoisotopic (exact) mass is 2060 g/mol. The first-order valence-electron chi connectivity index (χ1n) is 42.1. The van der Waals surface area contributed by atoms with Gasteiger partial charge in [-0.15, -0.1) is 0 Å². The number of rotatable bonds is 79. The van der Waals surface area contributed by atoms with Crippen LogP contribution in [0.3, 0.4) is 0 Å². The van der Waals surface area contributed by atoms with Gasteiger partial charge in [-0.05, 0) is 79.2 Å². The zero-order chi connectivity index (χ0) is 103. The van der Waals surface area contributed by atoms with E-state index < -0.39 is 171 Å². The van der Waals surface area contributed by atoms with Crippen molar-refractivity contribution < 1.29 is 383 Å². The molecule has 0 aromatic rings. The molecule has 0 radical (unpaired) electrons. The topological polar surface area (TPSA) is 741 Å². The Hall–Kier alpha value is -1.80. The summed E-state index contributed by atoms with van der Waals surface area (Å²) in [5.41, 5.74) is -2.17. The van der Waals surface area contributed by atoms with E-state index in [-0.39, 0.29) is 334 Å². The Balaban J connectivity index is -0.000000143. The summed E-state index contributed by atoms with van der Waals surface area (Å²) in [6, 6.07) is 0. The Kier molecular flexibility index (Phi) is 127. The molecule has 0 saturated heterocycles. The van der Waals surface area contributed by atoms with Crippen molar-refractivity contribution in [2.45, 2.75) is 137 Å².